The van der Waals surface area contributed by atoms with E-state index < -0.39 is 0 Å². The van der Waals surface area contributed by atoms with Gasteiger partial charge >= 0.3 is 5.97 Å². The number of ether oxygens (including phenoxy) is 3. The summed E-state index contributed by atoms with van der Waals surface area (Å²) in [4.78, 5) is 15.7. The van der Waals surface area contributed by atoms with Gasteiger partial charge in [-0.1, -0.05) is 12.1 Å². The molecule has 2 heterocycles. The molecule has 3 rings (SSSR count). The van der Waals surface area contributed by atoms with E-state index in [1.54, 1.807) is 24.4 Å². The second-order valence-electron chi connectivity index (χ2n) is 6.50. The van der Waals surface area contributed by atoms with E-state index in [1.807, 2.05) is 0 Å². The van der Waals surface area contributed by atoms with Crippen LogP contribution in [-0.4, -0.2) is 43.1 Å². The summed E-state index contributed by atoms with van der Waals surface area (Å²) in [7, 11) is 0. The van der Waals surface area contributed by atoms with Crippen molar-refractivity contribution in [3.63, 3.8) is 0 Å². The van der Waals surface area contributed by atoms with Crippen molar-refractivity contribution in [1.29, 1.82) is 0 Å². The number of hydrogen-bond donors (Lipinski definition) is 1. The molecule has 1 fully saturated rings. The molecule has 0 aliphatic carbocycles. The van der Waals surface area contributed by atoms with Crippen LogP contribution in [0.4, 0.5) is 9.52 Å². The monoisotopic (exact) mass is 421 g/mol. The number of carbonyl (C=O) groups is 1. The van der Waals surface area contributed by atoms with Gasteiger partial charge in [-0.05, 0) is 31.4 Å². The van der Waals surface area contributed by atoms with E-state index in [0.29, 0.717) is 35.2 Å². The van der Waals surface area contributed by atoms with Crippen LogP contribution >= 0.6 is 11.3 Å². The van der Waals surface area contributed by atoms with E-state index in [9.17, 15) is 9.18 Å². The molecule has 1 aliphatic heterocycles. The highest BCUT2D eigenvalue weighted by atomic mass is 32.1. The molecule has 1 saturated heterocycles. The van der Waals surface area contributed by atoms with Gasteiger partial charge in [0, 0.05) is 17.6 Å². The fourth-order valence-electron chi connectivity index (χ4n) is 2.80. The molecule has 1 unspecified atom stereocenters. The number of hydrogen-bond acceptors (Lipinski definition) is 8. The number of nitrogens with zero attached hydrogens (tertiary/aromatic N) is 2. The van der Waals surface area contributed by atoms with Crippen LogP contribution < -0.4 is 5.43 Å². The summed E-state index contributed by atoms with van der Waals surface area (Å²) in [6.45, 7) is 3.57. The number of thiazole rings is 1. The van der Waals surface area contributed by atoms with Gasteiger partial charge in [-0.2, -0.15) is 5.10 Å². The van der Waals surface area contributed by atoms with Gasteiger partial charge in [-0.25, -0.2) is 9.37 Å². The Hall–Kier alpha value is -2.36. The lowest BCUT2D eigenvalue weighted by molar-refractivity contribution is -0.142. The maximum Gasteiger partial charge on any atom is 0.311 e. The number of carbonyl (C=O) groups excluding carboxylic acids is 1. The lowest BCUT2D eigenvalue weighted by atomic mass is 10.1. The summed E-state index contributed by atoms with van der Waals surface area (Å²) in [5.74, 6) is -0.657. The Balaban J connectivity index is 1.46. The minimum atomic E-state index is -0.340. The van der Waals surface area contributed by atoms with Crippen LogP contribution in [0, 0.1) is 5.82 Å². The number of nitrogens with one attached hydrogen (secondary N) is 1. The zero-order valence-electron chi connectivity index (χ0n) is 16.2. The Morgan fingerprint density at radius 3 is 3.17 bits per heavy atom. The van der Waals surface area contributed by atoms with Crippen LogP contribution in [0.2, 0.25) is 0 Å². The number of aromatic nitrogens is 1. The Labute approximate surface area is 172 Å². The van der Waals surface area contributed by atoms with Crippen molar-refractivity contribution < 1.29 is 23.4 Å². The molecule has 2 aromatic rings. The number of halogens is 1. The zero-order valence-corrected chi connectivity index (χ0v) is 17.0. The van der Waals surface area contributed by atoms with Crippen molar-refractivity contribution in [1.82, 2.24) is 4.98 Å². The average Bonchev–Trinajstić information content (AvgIpc) is 3.36. The molecular formula is C20H24FN3O4S. The van der Waals surface area contributed by atoms with Crippen LogP contribution in [0.1, 0.15) is 36.6 Å². The summed E-state index contributed by atoms with van der Waals surface area (Å²) in [6.07, 6.45) is 3.80. The molecule has 1 aromatic carbocycles. The second kappa shape index (κ2) is 11.0. The predicted molar refractivity (Wildman–Crippen MR) is 109 cm³/mol. The van der Waals surface area contributed by atoms with Gasteiger partial charge in [0.15, 0.2) is 0 Å². The molecule has 0 radical (unpaired) electrons. The van der Waals surface area contributed by atoms with Crippen molar-refractivity contribution >= 4 is 28.7 Å². The molecule has 0 amide bonds. The molecule has 0 bridgehead atoms. The molecule has 1 aromatic heterocycles. The van der Waals surface area contributed by atoms with Gasteiger partial charge in [-0.3, -0.25) is 10.2 Å². The van der Waals surface area contributed by atoms with Crippen molar-refractivity contribution in [3.05, 3.63) is 46.2 Å². The Morgan fingerprint density at radius 1 is 1.52 bits per heavy atom. The highest BCUT2D eigenvalue weighted by Gasteiger charge is 2.15. The molecule has 7 nitrogen and oxygen atoms in total. The molecule has 1 N–H and O–H groups in total. The molecule has 0 spiro atoms. The fourth-order valence-corrected chi connectivity index (χ4v) is 3.46. The van der Waals surface area contributed by atoms with Gasteiger partial charge in [-0.15, -0.1) is 11.3 Å². The van der Waals surface area contributed by atoms with E-state index in [0.717, 1.165) is 19.4 Å². The third-order valence-electron chi connectivity index (χ3n) is 4.22. The normalized spacial score (nSPS) is 16.4. The van der Waals surface area contributed by atoms with Crippen molar-refractivity contribution in [2.45, 2.75) is 38.9 Å². The van der Waals surface area contributed by atoms with Gasteiger partial charge in [0.05, 0.1) is 44.3 Å². The lowest BCUT2D eigenvalue weighted by Gasteiger charge is -2.10. The van der Waals surface area contributed by atoms with Crippen LogP contribution in [0.25, 0.3) is 0 Å². The average molecular weight is 421 g/mol. The van der Waals surface area contributed by atoms with E-state index in [1.165, 1.54) is 23.6 Å². The summed E-state index contributed by atoms with van der Waals surface area (Å²) in [5.41, 5.74) is 4.51. The van der Waals surface area contributed by atoms with Crippen molar-refractivity contribution in [2.75, 3.05) is 25.2 Å². The maximum atomic E-state index is 14.2. The number of esters is 1. The first-order chi connectivity index (χ1) is 14.1. The first kappa shape index (κ1) is 21.4. The van der Waals surface area contributed by atoms with Gasteiger partial charge in [0.1, 0.15) is 5.82 Å². The third kappa shape index (κ3) is 6.88. The Bertz CT molecular complexity index is 837. The number of rotatable bonds is 10. The third-order valence-corrected chi connectivity index (χ3v) is 5.01. The minimum absolute atomic E-state index is 0.122. The Morgan fingerprint density at radius 2 is 2.41 bits per heavy atom. The first-order valence-electron chi connectivity index (χ1n) is 9.51. The summed E-state index contributed by atoms with van der Waals surface area (Å²) < 4.78 is 30.2. The molecule has 1 aliphatic rings. The predicted octanol–water partition coefficient (Wildman–Crippen LogP) is 3.53. The molecule has 156 valence electrons. The van der Waals surface area contributed by atoms with Gasteiger partial charge in [0.25, 0.3) is 0 Å². The smallest absolute Gasteiger partial charge is 0.311 e. The van der Waals surface area contributed by atoms with E-state index in [2.05, 4.69) is 15.5 Å². The van der Waals surface area contributed by atoms with Crippen LogP contribution in [0.3, 0.4) is 0 Å². The van der Waals surface area contributed by atoms with Gasteiger partial charge < -0.3 is 14.2 Å². The lowest BCUT2D eigenvalue weighted by Crippen LogP contribution is -2.14. The Kier molecular flexibility index (Phi) is 8.09. The summed E-state index contributed by atoms with van der Waals surface area (Å²) in [5, 5.41) is 6.37. The quantitative estimate of drug-likeness (QED) is 0.359. The molecule has 0 saturated carbocycles. The molecule has 29 heavy (non-hydrogen) atoms. The van der Waals surface area contributed by atoms with E-state index >= 15 is 0 Å². The number of hydrazone groups is 1. The SMILES string of the molecule is CCOC(=O)Cc1csc(NN=Cc2ccc(COCC3CCCO3)c(F)c2)n1. The molecule has 9 heteroatoms. The molecule has 1 atom stereocenters. The zero-order chi connectivity index (χ0) is 20.5. The topological polar surface area (TPSA) is 82.0 Å². The highest BCUT2D eigenvalue weighted by Crippen LogP contribution is 2.17. The van der Waals surface area contributed by atoms with Gasteiger partial charge in [0.2, 0.25) is 5.13 Å². The summed E-state index contributed by atoms with van der Waals surface area (Å²) in [6, 6.07) is 4.87. The van der Waals surface area contributed by atoms with E-state index in [-0.39, 0.29) is 30.9 Å². The summed E-state index contributed by atoms with van der Waals surface area (Å²) >= 11 is 1.33. The number of benzene rings is 1. The van der Waals surface area contributed by atoms with Crippen molar-refractivity contribution in [3.8, 4) is 0 Å². The van der Waals surface area contributed by atoms with Crippen molar-refractivity contribution in [2.24, 2.45) is 5.10 Å². The molecular weight excluding hydrogens is 397 g/mol. The number of anilines is 1. The second-order valence-corrected chi connectivity index (χ2v) is 7.35. The van der Waals surface area contributed by atoms with Crippen LogP contribution in [0.5, 0.6) is 0 Å². The standard InChI is InChI=1S/C20H24FN3O4S/c1-2-27-19(25)9-16-13-29-20(23-16)24-22-10-14-5-6-15(18(21)8-14)11-26-12-17-4-3-7-28-17/h5-6,8,10,13,17H,2-4,7,9,11-12H2,1H3,(H,23,24). The van der Waals surface area contributed by atoms with Crippen LogP contribution in [-0.2, 0) is 32.0 Å². The highest BCUT2D eigenvalue weighted by molar-refractivity contribution is 7.13. The minimum Gasteiger partial charge on any atom is -0.466 e. The first-order valence-corrected chi connectivity index (χ1v) is 10.4. The van der Waals surface area contributed by atoms with E-state index in [4.69, 9.17) is 14.2 Å². The largest absolute Gasteiger partial charge is 0.466 e. The van der Waals surface area contributed by atoms with Crippen LogP contribution in [0.15, 0.2) is 28.7 Å². The maximum absolute atomic E-state index is 14.2. The fraction of sp³-hybridized carbons (Fsp3) is 0.450.